The second kappa shape index (κ2) is 5.59. The summed E-state index contributed by atoms with van der Waals surface area (Å²) >= 11 is 0. The van der Waals surface area contributed by atoms with Gasteiger partial charge in [0.15, 0.2) is 0 Å². The van der Waals surface area contributed by atoms with Crippen molar-refractivity contribution in [2.45, 2.75) is 45.1 Å². The number of amides is 2. The van der Waals surface area contributed by atoms with Crippen LogP contribution in [0, 0.1) is 11.8 Å². The second-order valence-corrected chi connectivity index (χ2v) is 5.66. The van der Waals surface area contributed by atoms with E-state index in [2.05, 4.69) is 12.2 Å². The Labute approximate surface area is 108 Å². The van der Waals surface area contributed by atoms with Gasteiger partial charge in [-0.25, -0.2) is 4.79 Å². The van der Waals surface area contributed by atoms with Gasteiger partial charge in [0.25, 0.3) is 0 Å². The number of nitrogens with one attached hydrogen (secondary N) is 1. The molecule has 102 valence electrons. The van der Waals surface area contributed by atoms with Crippen LogP contribution in [0.5, 0.6) is 0 Å². The molecule has 0 spiro atoms. The first-order valence-corrected chi connectivity index (χ1v) is 6.83. The van der Waals surface area contributed by atoms with Gasteiger partial charge in [-0.3, -0.25) is 4.79 Å². The van der Waals surface area contributed by atoms with E-state index >= 15 is 0 Å². The third kappa shape index (κ3) is 3.15. The summed E-state index contributed by atoms with van der Waals surface area (Å²) in [6.45, 7) is 3.44. The maximum absolute atomic E-state index is 12.0. The zero-order valence-electron chi connectivity index (χ0n) is 10.9. The van der Waals surface area contributed by atoms with Crippen LogP contribution >= 0.6 is 0 Å². The highest BCUT2D eigenvalue weighted by molar-refractivity contribution is 5.75. The molecule has 2 amide bonds. The number of carbonyl (C=O) groups is 2. The number of aliphatic carboxylic acids is 1. The highest BCUT2D eigenvalue weighted by atomic mass is 16.4. The Hall–Kier alpha value is -1.26. The van der Waals surface area contributed by atoms with Crippen molar-refractivity contribution in [3.63, 3.8) is 0 Å². The van der Waals surface area contributed by atoms with E-state index in [1.165, 1.54) is 12.8 Å². The Kier molecular flexibility index (Phi) is 4.09. The molecule has 1 aliphatic carbocycles. The molecular formula is C13H22N2O3. The van der Waals surface area contributed by atoms with Gasteiger partial charge >= 0.3 is 12.0 Å². The second-order valence-electron chi connectivity index (χ2n) is 5.66. The number of likely N-dealkylation sites (tertiary alicyclic amines) is 1. The topological polar surface area (TPSA) is 69.6 Å². The Bertz CT molecular complexity index is 332. The lowest BCUT2D eigenvalue weighted by Gasteiger charge is -2.23. The number of nitrogens with zero attached hydrogens (tertiary/aromatic N) is 1. The fourth-order valence-electron chi connectivity index (χ4n) is 3.04. The lowest BCUT2D eigenvalue weighted by molar-refractivity contribution is -0.138. The molecule has 3 atom stereocenters. The van der Waals surface area contributed by atoms with E-state index in [0.29, 0.717) is 25.0 Å². The predicted octanol–water partition coefficient (Wildman–Crippen LogP) is 1.68. The zero-order chi connectivity index (χ0) is 13.1. The van der Waals surface area contributed by atoms with Crippen molar-refractivity contribution in [1.29, 1.82) is 0 Å². The first-order valence-electron chi connectivity index (χ1n) is 6.83. The molecule has 2 rings (SSSR count). The van der Waals surface area contributed by atoms with E-state index in [4.69, 9.17) is 5.11 Å². The van der Waals surface area contributed by atoms with Gasteiger partial charge in [0.1, 0.15) is 0 Å². The lowest BCUT2D eigenvalue weighted by atomic mass is 10.1. The minimum atomic E-state index is -0.772. The summed E-state index contributed by atoms with van der Waals surface area (Å²) in [5, 5.41) is 11.8. The van der Waals surface area contributed by atoms with Crippen LogP contribution in [0.25, 0.3) is 0 Å². The molecule has 2 fully saturated rings. The molecule has 2 aliphatic rings. The van der Waals surface area contributed by atoms with Crippen LogP contribution in [0.15, 0.2) is 0 Å². The first kappa shape index (κ1) is 13.2. The molecule has 3 unspecified atom stereocenters. The Morgan fingerprint density at radius 1 is 1.33 bits per heavy atom. The Morgan fingerprint density at radius 2 is 2.11 bits per heavy atom. The highest BCUT2D eigenvalue weighted by Gasteiger charge is 2.31. The van der Waals surface area contributed by atoms with Crippen LogP contribution in [0.1, 0.15) is 39.0 Å². The first-order chi connectivity index (χ1) is 8.56. The van der Waals surface area contributed by atoms with Crippen molar-refractivity contribution in [1.82, 2.24) is 10.2 Å². The molecular weight excluding hydrogens is 232 g/mol. The molecule has 2 N–H and O–H groups in total. The number of carbonyl (C=O) groups excluding carboxylic acids is 1. The highest BCUT2D eigenvalue weighted by Crippen LogP contribution is 2.26. The van der Waals surface area contributed by atoms with Crippen molar-refractivity contribution in [3.05, 3.63) is 0 Å². The van der Waals surface area contributed by atoms with Crippen LogP contribution in [-0.4, -0.2) is 41.1 Å². The average Bonchev–Trinajstić information content (AvgIpc) is 2.88. The quantitative estimate of drug-likeness (QED) is 0.805. The van der Waals surface area contributed by atoms with Gasteiger partial charge in [0.05, 0.1) is 0 Å². The maximum Gasteiger partial charge on any atom is 0.317 e. The Balaban J connectivity index is 1.78. The number of hydrogen-bond donors (Lipinski definition) is 2. The SMILES string of the molecule is CC1CCCC1NC(=O)N1CCC(CC(=O)O)C1. The Morgan fingerprint density at radius 3 is 2.72 bits per heavy atom. The van der Waals surface area contributed by atoms with Gasteiger partial charge in [-0.05, 0) is 31.1 Å². The van der Waals surface area contributed by atoms with E-state index in [9.17, 15) is 9.59 Å². The summed E-state index contributed by atoms with van der Waals surface area (Å²) in [4.78, 5) is 24.4. The summed E-state index contributed by atoms with van der Waals surface area (Å²) in [7, 11) is 0. The molecule has 1 aliphatic heterocycles. The van der Waals surface area contributed by atoms with Gasteiger partial charge in [-0.1, -0.05) is 13.3 Å². The zero-order valence-corrected chi connectivity index (χ0v) is 10.9. The summed E-state index contributed by atoms with van der Waals surface area (Å²) in [6.07, 6.45) is 4.42. The third-order valence-electron chi connectivity index (χ3n) is 4.21. The molecule has 1 saturated heterocycles. The van der Waals surface area contributed by atoms with Crippen LogP contribution in [0.4, 0.5) is 4.79 Å². The van der Waals surface area contributed by atoms with Crippen LogP contribution in [0.2, 0.25) is 0 Å². The summed E-state index contributed by atoms with van der Waals surface area (Å²) in [5.74, 6) is -0.0905. The molecule has 5 nitrogen and oxygen atoms in total. The fraction of sp³-hybridized carbons (Fsp3) is 0.846. The molecule has 1 saturated carbocycles. The number of hydrogen-bond acceptors (Lipinski definition) is 2. The van der Waals surface area contributed by atoms with Crippen molar-refractivity contribution in [2.75, 3.05) is 13.1 Å². The summed E-state index contributed by atoms with van der Waals surface area (Å²) in [6, 6.07) is 0.290. The van der Waals surface area contributed by atoms with Crippen LogP contribution < -0.4 is 5.32 Å². The standard InChI is InChI=1S/C13H22N2O3/c1-9-3-2-4-11(9)14-13(18)15-6-5-10(8-15)7-12(16)17/h9-11H,2-8H2,1H3,(H,14,18)(H,16,17). The summed E-state index contributed by atoms with van der Waals surface area (Å²) < 4.78 is 0. The number of carboxylic acids is 1. The van der Waals surface area contributed by atoms with Crippen molar-refractivity contribution < 1.29 is 14.7 Å². The van der Waals surface area contributed by atoms with E-state index in [1.807, 2.05) is 0 Å². The monoisotopic (exact) mass is 254 g/mol. The predicted molar refractivity (Wildman–Crippen MR) is 67.3 cm³/mol. The van der Waals surface area contributed by atoms with Crippen molar-refractivity contribution in [3.8, 4) is 0 Å². The molecule has 0 aromatic heterocycles. The van der Waals surface area contributed by atoms with E-state index < -0.39 is 5.97 Å². The minimum Gasteiger partial charge on any atom is -0.481 e. The van der Waals surface area contributed by atoms with Gasteiger partial charge in [0.2, 0.25) is 0 Å². The van der Waals surface area contributed by atoms with Gasteiger partial charge in [-0.15, -0.1) is 0 Å². The molecule has 0 aromatic carbocycles. The molecule has 0 aromatic rings. The molecule has 18 heavy (non-hydrogen) atoms. The molecule has 5 heteroatoms. The largest absolute Gasteiger partial charge is 0.481 e. The molecule has 0 bridgehead atoms. The van der Waals surface area contributed by atoms with E-state index in [0.717, 1.165) is 12.8 Å². The minimum absolute atomic E-state index is 0.0124. The van der Waals surface area contributed by atoms with Gasteiger partial charge in [0, 0.05) is 25.6 Å². The third-order valence-corrected chi connectivity index (χ3v) is 4.21. The van der Waals surface area contributed by atoms with Gasteiger partial charge < -0.3 is 15.3 Å². The van der Waals surface area contributed by atoms with Crippen LogP contribution in [0.3, 0.4) is 0 Å². The normalized spacial score (nSPS) is 31.6. The molecule has 0 radical (unpaired) electrons. The summed E-state index contributed by atoms with van der Waals surface area (Å²) in [5.41, 5.74) is 0. The van der Waals surface area contributed by atoms with Crippen LogP contribution in [-0.2, 0) is 4.79 Å². The lowest BCUT2D eigenvalue weighted by Crippen LogP contribution is -2.44. The van der Waals surface area contributed by atoms with E-state index in [-0.39, 0.29) is 18.4 Å². The number of carboxylic acid groups (broad SMARTS) is 1. The number of rotatable bonds is 3. The molecule has 1 heterocycles. The fourth-order valence-corrected chi connectivity index (χ4v) is 3.04. The average molecular weight is 254 g/mol. The van der Waals surface area contributed by atoms with Crippen molar-refractivity contribution >= 4 is 12.0 Å². The van der Waals surface area contributed by atoms with Gasteiger partial charge in [-0.2, -0.15) is 0 Å². The number of urea groups is 1. The smallest absolute Gasteiger partial charge is 0.317 e. The van der Waals surface area contributed by atoms with E-state index in [1.54, 1.807) is 4.90 Å². The maximum atomic E-state index is 12.0. The van der Waals surface area contributed by atoms with Crippen molar-refractivity contribution in [2.24, 2.45) is 11.8 Å².